The van der Waals surface area contributed by atoms with Gasteiger partial charge in [-0.05, 0) is 96.2 Å². The Bertz CT molecular complexity index is 978. The number of anilines is 1. The lowest BCUT2D eigenvalue weighted by atomic mass is 9.97. The molecule has 0 bridgehead atoms. The summed E-state index contributed by atoms with van der Waals surface area (Å²) in [5.41, 5.74) is 4.75. The molecule has 0 spiro atoms. The van der Waals surface area contributed by atoms with Crippen LogP contribution in [0, 0.1) is 13.8 Å². The third-order valence-electron chi connectivity index (χ3n) is 5.46. The van der Waals surface area contributed by atoms with Gasteiger partial charge in [-0.15, -0.1) is 0 Å². The average molecular weight is 474 g/mol. The number of rotatable bonds is 5. The van der Waals surface area contributed by atoms with Crippen molar-refractivity contribution in [2.75, 3.05) is 18.0 Å². The van der Waals surface area contributed by atoms with Crippen LogP contribution in [-0.4, -0.2) is 41.9 Å². The summed E-state index contributed by atoms with van der Waals surface area (Å²) in [5, 5.41) is 3.47. The number of halogens is 1. The maximum atomic E-state index is 12.3. The number of carbonyl (C=O) groups is 1. The molecule has 33 heavy (non-hydrogen) atoms. The molecule has 0 saturated carbocycles. The number of nitrogens with one attached hydrogen (secondary N) is 1. The first kappa shape index (κ1) is 25.2. The van der Waals surface area contributed by atoms with Crippen LogP contribution >= 0.6 is 11.6 Å². The predicted octanol–water partition coefficient (Wildman–Crippen LogP) is 6.30. The summed E-state index contributed by atoms with van der Waals surface area (Å²) < 4.78 is 11.5. The summed E-state index contributed by atoms with van der Waals surface area (Å²) in [6, 6.07) is 6.19. The van der Waals surface area contributed by atoms with Crippen LogP contribution in [0.3, 0.4) is 0 Å². The molecule has 1 saturated heterocycles. The number of pyridine rings is 1. The Morgan fingerprint density at radius 2 is 1.88 bits per heavy atom. The lowest BCUT2D eigenvalue weighted by molar-refractivity contribution is 0.0500. The first-order chi connectivity index (χ1) is 15.4. The van der Waals surface area contributed by atoms with Gasteiger partial charge >= 0.3 is 6.09 Å². The maximum Gasteiger partial charge on any atom is 0.407 e. The third-order valence-corrected chi connectivity index (χ3v) is 5.66. The molecule has 1 fully saturated rings. The zero-order valence-electron chi connectivity index (χ0n) is 20.8. The van der Waals surface area contributed by atoms with E-state index in [1.165, 1.54) is 0 Å². The van der Waals surface area contributed by atoms with Crippen LogP contribution in [0.4, 0.5) is 10.5 Å². The minimum atomic E-state index is -0.522. The van der Waals surface area contributed by atoms with Gasteiger partial charge in [-0.1, -0.05) is 11.6 Å². The molecule has 1 aromatic heterocycles. The molecule has 1 atom stereocenters. The Kier molecular flexibility index (Phi) is 7.78. The fourth-order valence-corrected chi connectivity index (χ4v) is 4.37. The van der Waals surface area contributed by atoms with Crippen molar-refractivity contribution in [2.45, 2.75) is 79.1 Å². The summed E-state index contributed by atoms with van der Waals surface area (Å²) in [5.74, 6) is 0.928. The van der Waals surface area contributed by atoms with E-state index in [9.17, 15) is 4.79 Å². The van der Waals surface area contributed by atoms with Crippen LogP contribution in [0.5, 0.6) is 5.75 Å². The number of amides is 1. The molecular weight excluding hydrogens is 438 g/mol. The molecule has 1 aliphatic heterocycles. The molecule has 7 heteroatoms. The van der Waals surface area contributed by atoms with E-state index in [-0.39, 0.29) is 18.2 Å². The van der Waals surface area contributed by atoms with Gasteiger partial charge in [0.25, 0.3) is 0 Å². The normalized spacial score (nSPS) is 16.6. The standard InChI is InChI=1S/C26H36ClN3O3/c1-16(2)32-24-17(3)11-19(12-18(24)4)21-14-28-23(27)13-22(21)30-10-8-9-20(15-30)29-25(31)33-26(5,6)7/h11-14,16,20H,8-10,15H2,1-7H3,(H,29,31)/t20-/m0/s1. The molecule has 180 valence electrons. The van der Waals surface area contributed by atoms with Gasteiger partial charge in [-0.3, -0.25) is 0 Å². The van der Waals surface area contributed by atoms with E-state index >= 15 is 0 Å². The minimum absolute atomic E-state index is 0.00122. The quantitative estimate of drug-likeness (QED) is 0.516. The molecule has 1 aliphatic rings. The zero-order chi connectivity index (χ0) is 24.3. The number of alkyl carbamates (subject to hydrolysis) is 1. The number of hydrogen-bond acceptors (Lipinski definition) is 5. The zero-order valence-corrected chi connectivity index (χ0v) is 21.5. The Morgan fingerprint density at radius 1 is 1.21 bits per heavy atom. The fourth-order valence-electron chi connectivity index (χ4n) is 4.22. The minimum Gasteiger partial charge on any atom is -0.490 e. The van der Waals surface area contributed by atoms with E-state index in [1.54, 1.807) is 0 Å². The molecular formula is C26H36ClN3O3. The van der Waals surface area contributed by atoms with Gasteiger partial charge in [0.1, 0.15) is 16.5 Å². The van der Waals surface area contributed by atoms with Crippen LogP contribution in [0.1, 0.15) is 58.6 Å². The Balaban J connectivity index is 1.88. The van der Waals surface area contributed by atoms with Crippen LogP contribution in [-0.2, 0) is 4.74 Å². The molecule has 2 heterocycles. The summed E-state index contributed by atoms with van der Waals surface area (Å²) in [6.45, 7) is 15.4. The van der Waals surface area contributed by atoms with Crippen LogP contribution in [0.15, 0.2) is 24.4 Å². The van der Waals surface area contributed by atoms with Gasteiger partial charge in [0.2, 0.25) is 0 Å². The second kappa shape index (κ2) is 10.2. The molecule has 6 nitrogen and oxygen atoms in total. The van der Waals surface area contributed by atoms with Crippen molar-refractivity contribution in [3.63, 3.8) is 0 Å². The van der Waals surface area contributed by atoms with Gasteiger partial charge < -0.3 is 19.7 Å². The first-order valence-electron chi connectivity index (χ1n) is 11.6. The first-order valence-corrected chi connectivity index (χ1v) is 12.0. The highest BCUT2D eigenvalue weighted by Gasteiger charge is 2.26. The maximum absolute atomic E-state index is 12.3. The van der Waals surface area contributed by atoms with E-state index in [0.717, 1.165) is 53.1 Å². The van der Waals surface area contributed by atoms with Crippen molar-refractivity contribution in [1.82, 2.24) is 10.3 Å². The van der Waals surface area contributed by atoms with E-state index in [0.29, 0.717) is 11.7 Å². The van der Waals surface area contributed by atoms with Crippen LogP contribution in [0.25, 0.3) is 11.1 Å². The molecule has 0 radical (unpaired) electrons. The molecule has 3 rings (SSSR count). The number of nitrogens with zero attached hydrogens (tertiary/aromatic N) is 2. The second-order valence-corrected chi connectivity index (χ2v) is 10.4. The summed E-state index contributed by atoms with van der Waals surface area (Å²) in [7, 11) is 0. The Labute approximate surface area is 202 Å². The summed E-state index contributed by atoms with van der Waals surface area (Å²) in [6.07, 6.45) is 3.43. The van der Waals surface area contributed by atoms with E-state index < -0.39 is 5.60 Å². The Hall–Kier alpha value is -2.47. The average Bonchev–Trinajstić information content (AvgIpc) is 2.69. The Morgan fingerprint density at radius 3 is 2.48 bits per heavy atom. The summed E-state index contributed by atoms with van der Waals surface area (Å²) in [4.78, 5) is 18.9. The molecule has 1 aromatic carbocycles. The molecule has 0 unspecified atom stereocenters. The lowest BCUT2D eigenvalue weighted by Gasteiger charge is -2.36. The molecule has 0 aliphatic carbocycles. The molecule has 2 aromatic rings. The largest absolute Gasteiger partial charge is 0.490 e. The highest BCUT2D eigenvalue weighted by Crippen LogP contribution is 2.37. The fraction of sp³-hybridized carbons (Fsp3) is 0.538. The number of hydrogen-bond donors (Lipinski definition) is 1. The SMILES string of the molecule is Cc1cc(-c2cnc(Cl)cc2N2CCC[C@H](NC(=O)OC(C)(C)C)C2)cc(C)c1OC(C)C. The number of carbonyl (C=O) groups excluding carboxylic acids is 1. The van der Waals surface area contributed by atoms with E-state index in [1.807, 2.05) is 46.9 Å². The number of benzene rings is 1. The highest BCUT2D eigenvalue weighted by atomic mass is 35.5. The van der Waals surface area contributed by atoms with Crippen molar-refractivity contribution < 1.29 is 14.3 Å². The van der Waals surface area contributed by atoms with Crippen LogP contribution in [0.2, 0.25) is 5.15 Å². The van der Waals surface area contributed by atoms with E-state index in [2.05, 4.69) is 41.2 Å². The van der Waals surface area contributed by atoms with Gasteiger partial charge in [-0.25, -0.2) is 9.78 Å². The van der Waals surface area contributed by atoms with Gasteiger partial charge in [0.15, 0.2) is 0 Å². The topological polar surface area (TPSA) is 63.7 Å². The monoisotopic (exact) mass is 473 g/mol. The van der Waals surface area contributed by atoms with Gasteiger partial charge in [0.05, 0.1) is 6.10 Å². The predicted molar refractivity (Wildman–Crippen MR) is 135 cm³/mol. The second-order valence-electron chi connectivity index (χ2n) is 10.1. The number of aryl methyl sites for hydroxylation is 2. The third kappa shape index (κ3) is 6.76. The summed E-state index contributed by atoms with van der Waals surface area (Å²) >= 11 is 6.31. The van der Waals surface area contributed by atoms with Gasteiger partial charge in [0, 0.05) is 36.6 Å². The smallest absolute Gasteiger partial charge is 0.407 e. The number of piperidine rings is 1. The number of ether oxygens (including phenoxy) is 2. The highest BCUT2D eigenvalue weighted by molar-refractivity contribution is 6.29. The molecule has 1 N–H and O–H groups in total. The van der Waals surface area contributed by atoms with E-state index in [4.69, 9.17) is 21.1 Å². The van der Waals surface area contributed by atoms with Crippen molar-refractivity contribution in [1.29, 1.82) is 0 Å². The number of aromatic nitrogens is 1. The van der Waals surface area contributed by atoms with Crippen molar-refractivity contribution in [3.8, 4) is 16.9 Å². The van der Waals surface area contributed by atoms with Gasteiger partial charge in [-0.2, -0.15) is 0 Å². The van der Waals surface area contributed by atoms with Crippen LogP contribution < -0.4 is 15.0 Å². The van der Waals surface area contributed by atoms with Crippen molar-refractivity contribution in [3.05, 3.63) is 40.7 Å². The molecule has 1 amide bonds. The van der Waals surface area contributed by atoms with Crippen molar-refractivity contribution in [2.24, 2.45) is 0 Å². The lowest BCUT2D eigenvalue weighted by Crippen LogP contribution is -2.49. The van der Waals surface area contributed by atoms with Crippen molar-refractivity contribution >= 4 is 23.4 Å².